The van der Waals surface area contributed by atoms with Crippen molar-refractivity contribution in [2.75, 3.05) is 44.8 Å². The van der Waals surface area contributed by atoms with E-state index in [1.54, 1.807) is 0 Å². The third-order valence-electron chi connectivity index (χ3n) is 6.28. The van der Waals surface area contributed by atoms with E-state index in [1.165, 1.54) is 0 Å². The minimum atomic E-state index is -4.10. The van der Waals surface area contributed by atoms with Crippen molar-refractivity contribution < 1.29 is 49.0 Å². The molecule has 0 aromatic heterocycles. The van der Waals surface area contributed by atoms with Crippen LogP contribution in [0.15, 0.2) is 0 Å². The largest absolute Gasteiger partial charge is 0.396 e. The topological polar surface area (TPSA) is 197 Å². The predicted octanol–water partition coefficient (Wildman–Crippen LogP) is -0.729. The Balaban J connectivity index is 4.98. The second-order valence-electron chi connectivity index (χ2n) is 8.77. The van der Waals surface area contributed by atoms with Crippen LogP contribution in [-0.4, -0.2) is 102 Å². The summed E-state index contributed by atoms with van der Waals surface area (Å²) in [6.45, 7) is -2.32. The molecule has 0 aliphatic rings. The molecule has 0 heterocycles. The van der Waals surface area contributed by atoms with Gasteiger partial charge in [-0.2, -0.15) is 0 Å². The molecule has 0 rings (SSSR count). The van der Waals surface area contributed by atoms with E-state index in [2.05, 4.69) is 0 Å². The number of unbranched alkanes of at least 4 members (excludes halogenated alkanes) is 2. The fourth-order valence-electron chi connectivity index (χ4n) is 3.90. The highest BCUT2D eigenvalue weighted by Crippen LogP contribution is 2.32. The molecule has 0 saturated carbocycles. The minimum absolute atomic E-state index is 0.174. The monoisotopic (exact) mass is 558 g/mol. The molecule has 0 amide bonds. The Kier molecular flexibility index (Phi) is 12.0. The first kappa shape index (κ1) is 32.7. The van der Waals surface area contributed by atoms with Crippen molar-refractivity contribution in [3.63, 3.8) is 0 Å². The van der Waals surface area contributed by atoms with Crippen LogP contribution >= 0.6 is 0 Å². The van der Waals surface area contributed by atoms with Crippen molar-refractivity contribution in [1.29, 1.82) is 0 Å². The van der Waals surface area contributed by atoms with Crippen molar-refractivity contribution in [3.8, 4) is 0 Å². The Labute approximate surface area is 198 Å². The van der Waals surface area contributed by atoms with E-state index in [9.17, 15) is 49.0 Å². The van der Waals surface area contributed by atoms with E-state index in [0.717, 1.165) is 25.0 Å². The molecule has 11 nitrogen and oxygen atoms in total. The zero-order valence-corrected chi connectivity index (χ0v) is 22.9. The van der Waals surface area contributed by atoms with E-state index < -0.39 is 60.7 Å². The Morgan fingerprint density at radius 3 is 1.00 bits per heavy atom. The van der Waals surface area contributed by atoms with Gasteiger partial charge in [0.2, 0.25) is 0 Å². The average molecular weight is 559 g/mol. The van der Waals surface area contributed by atoms with Gasteiger partial charge in [0.1, 0.15) is 0 Å². The summed E-state index contributed by atoms with van der Waals surface area (Å²) in [6.07, 6.45) is 4.43. The summed E-state index contributed by atoms with van der Waals surface area (Å²) >= 11 is 0. The van der Waals surface area contributed by atoms with E-state index in [0.29, 0.717) is 25.7 Å². The molecule has 200 valence electrons. The van der Waals surface area contributed by atoms with Crippen LogP contribution in [0.5, 0.6) is 0 Å². The van der Waals surface area contributed by atoms with Crippen LogP contribution in [0.4, 0.5) is 0 Å². The van der Waals surface area contributed by atoms with E-state index in [4.69, 9.17) is 0 Å². The molecular weight excluding hydrogens is 520 g/mol. The second-order valence-corrected chi connectivity index (χ2v) is 18.6. The maximum absolute atomic E-state index is 12.1. The summed E-state index contributed by atoms with van der Waals surface area (Å²) in [5.74, 6) is -0.245. The van der Waals surface area contributed by atoms with Crippen LogP contribution in [-0.2, 0) is 39.3 Å². The highest BCUT2D eigenvalue weighted by atomic mass is 32.3. The van der Waals surface area contributed by atoms with Crippen LogP contribution < -0.4 is 0 Å². The van der Waals surface area contributed by atoms with Crippen molar-refractivity contribution in [1.82, 2.24) is 0 Å². The third kappa shape index (κ3) is 7.84. The van der Waals surface area contributed by atoms with Gasteiger partial charge < -0.3 is 15.3 Å². The molecular formula is C18H38O11S4. The van der Waals surface area contributed by atoms with Gasteiger partial charge in [0.15, 0.2) is 47.5 Å². The lowest BCUT2D eigenvalue weighted by molar-refractivity contribution is 0.202. The van der Waals surface area contributed by atoms with Crippen LogP contribution in [0.25, 0.3) is 0 Å². The second kappa shape index (κ2) is 12.1. The molecule has 3 N–H and O–H groups in total. The molecule has 0 fully saturated rings. The molecule has 15 heteroatoms. The Hall–Kier alpha value is -0.320. The predicted molar refractivity (Wildman–Crippen MR) is 127 cm³/mol. The minimum Gasteiger partial charge on any atom is -0.396 e. The third-order valence-corrected chi connectivity index (χ3v) is 16.7. The zero-order chi connectivity index (χ0) is 26.4. The van der Waals surface area contributed by atoms with Gasteiger partial charge in [-0.3, -0.25) is 0 Å². The quantitative estimate of drug-likeness (QED) is 0.190. The van der Waals surface area contributed by atoms with Crippen LogP contribution in [0.1, 0.15) is 51.4 Å². The van der Waals surface area contributed by atoms with Gasteiger partial charge in [-0.1, -0.05) is 25.7 Å². The average Bonchev–Trinajstić information content (AvgIpc) is 2.62. The summed E-state index contributed by atoms with van der Waals surface area (Å²) in [6, 6.07) is 0. The molecule has 0 atom stereocenters. The molecule has 33 heavy (non-hydrogen) atoms. The molecule has 0 spiro atoms. The smallest absolute Gasteiger partial charge is 0.195 e. The molecule has 0 radical (unpaired) electrons. The number of hydrogen-bond donors (Lipinski definition) is 3. The molecule has 0 aliphatic heterocycles. The lowest BCUT2D eigenvalue weighted by atomic mass is 9.95. The fraction of sp³-hybridized carbons (Fsp3) is 1.00. The fourth-order valence-corrected chi connectivity index (χ4v) is 11.3. The van der Waals surface area contributed by atoms with Gasteiger partial charge >= 0.3 is 0 Å². The molecule has 0 aromatic carbocycles. The first-order valence-electron chi connectivity index (χ1n) is 10.4. The first-order chi connectivity index (χ1) is 14.8. The zero-order valence-electron chi connectivity index (χ0n) is 19.6. The van der Waals surface area contributed by atoms with Gasteiger partial charge in [0.05, 0.1) is 13.2 Å². The van der Waals surface area contributed by atoms with E-state index in [1.807, 2.05) is 0 Å². The first-order valence-corrected chi connectivity index (χ1v) is 17.9. The molecule has 0 saturated heterocycles. The summed E-state index contributed by atoms with van der Waals surface area (Å²) in [5.41, 5.74) is 0. The van der Waals surface area contributed by atoms with Crippen molar-refractivity contribution in [2.24, 2.45) is 5.92 Å². The van der Waals surface area contributed by atoms with Gasteiger partial charge in [0.25, 0.3) is 0 Å². The number of aliphatic hydroxyl groups is 3. The highest BCUT2D eigenvalue weighted by molar-refractivity contribution is 8.10. The van der Waals surface area contributed by atoms with Gasteiger partial charge in [-0.05, 0) is 31.6 Å². The summed E-state index contributed by atoms with van der Waals surface area (Å²) < 4.78 is 91.9. The number of rotatable bonds is 17. The Bertz CT molecular complexity index is 895. The summed E-state index contributed by atoms with van der Waals surface area (Å²) in [5, 5.41) is 28.7. The van der Waals surface area contributed by atoms with Crippen molar-refractivity contribution in [3.05, 3.63) is 0 Å². The van der Waals surface area contributed by atoms with Gasteiger partial charge in [-0.15, -0.1) is 0 Å². The van der Waals surface area contributed by atoms with Crippen molar-refractivity contribution >= 4 is 39.3 Å². The number of aliphatic hydroxyl groups excluding tert-OH is 3. The normalized spacial score (nSPS) is 14.7. The van der Waals surface area contributed by atoms with Crippen LogP contribution in [0.2, 0.25) is 0 Å². The maximum atomic E-state index is 12.1. The summed E-state index contributed by atoms with van der Waals surface area (Å²) in [4.78, 5) is 0. The highest BCUT2D eigenvalue weighted by Gasteiger charge is 2.50. The standard InChI is InChI=1S/C18H38O11S4/c1-30(22,23)17(14-20,31(2,24)25)11-7-5-9-16(13-19)10-6-8-12-18(15-21,32(3,26)27)33(4,28)29/h16,19-21H,5-15H2,1-4H3. The maximum Gasteiger partial charge on any atom is 0.195 e. The van der Waals surface area contributed by atoms with E-state index in [-0.39, 0.29) is 38.2 Å². The molecule has 0 unspecified atom stereocenters. The molecule has 0 aromatic rings. The van der Waals surface area contributed by atoms with Crippen molar-refractivity contribution in [2.45, 2.75) is 59.5 Å². The van der Waals surface area contributed by atoms with Gasteiger partial charge in [-0.25, -0.2) is 33.7 Å². The number of hydrogen-bond acceptors (Lipinski definition) is 11. The lowest BCUT2D eigenvalue weighted by Crippen LogP contribution is -2.48. The Morgan fingerprint density at radius 2 is 0.818 bits per heavy atom. The van der Waals surface area contributed by atoms with Crippen LogP contribution in [0, 0.1) is 5.92 Å². The number of sulfone groups is 4. The molecule has 0 bridgehead atoms. The van der Waals surface area contributed by atoms with E-state index >= 15 is 0 Å². The Morgan fingerprint density at radius 1 is 0.545 bits per heavy atom. The van der Waals surface area contributed by atoms with Gasteiger partial charge in [0, 0.05) is 31.6 Å². The SMILES string of the molecule is CS(=O)(=O)C(CO)(CCCCC(CO)CCCCC(CO)(S(C)(=O)=O)S(C)(=O)=O)S(C)(=O)=O. The lowest BCUT2D eigenvalue weighted by Gasteiger charge is -2.28. The summed E-state index contributed by atoms with van der Waals surface area (Å²) in [7, 11) is -16.4. The van der Waals surface area contributed by atoms with Crippen LogP contribution in [0.3, 0.4) is 0 Å². The molecule has 0 aliphatic carbocycles.